The molecule has 0 amide bonds. The normalized spacial score (nSPS) is 18.8. The Morgan fingerprint density at radius 1 is 1.42 bits per heavy atom. The topological polar surface area (TPSA) is 69.7 Å². The summed E-state index contributed by atoms with van der Waals surface area (Å²) < 4.78 is 8.90. The van der Waals surface area contributed by atoms with Crippen LogP contribution < -0.4 is 0 Å². The van der Waals surface area contributed by atoms with Crippen molar-refractivity contribution in [3.8, 4) is 0 Å². The van der Waals surface area contributed by atoms with E-state index in [9.17, 15) is 14.4 Å². The lowest BCUT2D eigenvalue weighted by atomic mass is 10.1. The van der Waals surface area contributed by atoms with Crippen molar-refractivity contribution in [2.24, 2.45) is 0 Å². The third kappa shape index (κ3) is 2.34. The Labute approximate surface area is 68.6 Å². The van der Waals surface area contributed by atoms with E-state index >= 15 is 0 Å². The van der Waals surface area contributed by atoms with Gasteiger partial charge >= 0.3 is 17.9 Å². The maximum atomic E-state index is 10.6. The number of ether oxygens (including phenoxy) is 2. The van der Waals surface area contributed by atoms with Gasteiger partial charge in [0.25, 0.3) is 0 Å². The van der Waals surface area contributed by atoms with E-state index in [2.05, 4.69) is 9.47 Å². The zero-order valence-corrected chi connectivity index (χ0v) is 6.53. The molecule has 0 atom stereocenters. The highest BCUT2D eigenvalue weighted by Gasteiger charge is 2.28. The van der Waals surface area contributed by atoms with Gasteiger partial charge in [-0.1, -0.05) is 0 Å². The van der Waals surface area contributed by atoms with Crippen molar-refractivity contribution in [1.82, 2.24) is 0 Å². The van der Waals surface area contributed by atoms with Gasteiger partial charge in [0.2, 0.25) is 0 Å². The molecule has 66 valence electrons. The maximum Gasteiger partial charge on any atom is 0.317 e. The molecule has 0 aromatic rings. The van der Waals surface area contributed by atoms with E-state index < -0.39 is 24.0 Å². The minimum Gasteiger partial charge on any atom is -0.461 e. The molecule has 0 radical (unpaired) electrons. The van der Waals surface area contributed by atoms with Gasteiger partial charge < -0.3 is 9.47 Å². The average molecular weight is 172 g/mol. The maximum absolute atomic E-state index is 10.6. The van der Waals surface area contributed by atoms with Crippen molar-refractivity contribution in [3.05, 3.63) is 0 Å². The fourth-order valence-corrected chi connectivity index (χ4v) is 0.972. The van der Waals surface area contributed by atoms with Crippen molar-refractivity contribution >= 4 is 17.9 Å². The molecule has 0 bridgehead atoms. The van der Waals surface area contributed by atoms with Gasteiger partial charge in [-0.15, -0.1) is 0 Å². The molecule has 1 saturated heterocycles. The average Bonchev–Trinajstić information content (AvgIpc) is 1.81. The van der Waals surface area contributed by atoms with Gasteiger partial charge in [0.05, 0.1) is 12.8 Å². The first-order valence-electron chi connectivity index (χ1n) is 3.48. The fourth-order valence-electron chi connectivity index (χ4n) is 0.972. The summed E-state index contributed by atoms with van der Waals surface area (Å²) in [5.74, 6) is -1.78. The first-order chi connectivity index (χ1) is 5.58. The molecule has 0 spiro atoms. The highest BCUT2D eigenvalue weighted by molar-refractivity contribution is 5.89. The lowest BCUT2D eigenvalue weighted by Gasteiger charge is -2.18. The molecule has 0 aromatic carbocycles. The minimum atomic E-state index is -0.642. The number of esters is 3. The number of carbonyl (C=O) groups is 3. The Bertz CT molecular complexity index is 213. The molecule has 1 aliphatic rings. The van der Waals surface area contributed by atoms with Crippen LogP contribution in [-0.2, 0) is 23.9 Å². The van der Waals surface area contributed by atoms with E-state index in [-0.39, 0.29) is 12.8 Å². The molecule has 1 heterocycles. The Morgan fingerprint density at radius 2 is 1.92 bits per heavy atom. The third-order valence-electron chi connectivity index (χ3n) is 1.35. The van der Waals surface area contributed by atoms with Crippen molar-refractivity contribution in [2.75, 3.05) is 0 Å². The van der Waals surface area contributed by atoms with Gasteiger partial charge in [0.1, 0.15) is 6.10 Å². The second kappa shape index (κ2) is 3.34. The van der Waals surface area contributed by atoms with Gasteiger partial charge in [-0.05, 0) is 0 Å². The van der Waals surface area contributed by atoms with Gasteiger partial charge in [0, 0.05) is 6.92 Å². The van der Waals surface area contributed by atoms with E-state index in [4.69, 9.17) is 0 Å². The molecular formula is C7H8O5. The molecule has 1 aliphatic heterocycles. The van der Waals surface area contributed by atoms with E-state index in [0.29, 0.717) is 0 Å². The predicted octanol–water partition coefficient (Wildman–Crippen LogP) is -0.218. The molecular weight excluding hydrogens is 164 g/mol. The third-order valence-corrected chi connectivity index (χ3v) is 1.35. The van der Waals surface area contributed by atoms with Crippen molar-refractivity contribution in [3.63, 3.8) is 0 Å². The highest BCUT2D eigenvalue weighted by atomic mass is 16.6. The van der Waals surface area contributed by atoms with E-state index in [1.807, 2.05) is 0 Å². The lowest BCUT2D eigenvalue weighted by Crippen LogP contribution is -2.32. The first-order valence-corrected chi connectivity index (χ1v) is 3.48. The van der Waals surface area contributed by atoms with Gasteiger partial charge in [-0.25, -0.2) is 0 Å². The summed E-state index contributed by atoms with van der Waals surface area (Å²) >= 11 is 0. The van der Waals surface area contributed by atoms with Gasteiger partial charge in [-0.3, -0.25) is 14.4 Å². The van der Waals surface area contributed by atoms with Crippen molar-refractivity contribution in [2.45, 2.75) is 25.9 Å². The first kappa shape index (κ1) is 8.70. The summed E-state index contributed by atoms with van der Waals surface area (Å²) in [7, 11) is 0. The predicted molar refractivity (Wildman–Crippen MR) is 35.9 cm³/mol. The molecule has 0 aliphatic carbocycles. The smallest absolute Gasteiger partial charge is 0.317 e. The standard InChI is InChI=1S/C7H8O5/c1-4(8)11-5-2-6(9)12-7(10)3-5/h5H,2-3H2,1H3. The van der Waals surface area contributed by atoms with Gasteiger partial charge in [-0.2, -0.15) is 0 Å². The lowest BCUT2D eigenvalue weighted by molar-refractivity contribution is -0.171. The Hall–Kier alpha value is -1.39. The molecule has 0 saturated carbocycles. The zero-order chi connectivity index (χ0) is 9.14. The molecule has 5 nitrogen and oxygen atoms in total. The second-order valence-electron chi connectivity index (χ2n) is 2.49. The molecule has 0 unspecified atom stereocenters. The summed E-state index contributed by atoms with van der Waals surface area (Å²) in [5.41, 5.74) is 0. The Kier molecular flexibility index (Phi) is 2.42. The quantitative estimate of drug-likeness (QED) is 0.404. The SMILES string of the molecule is CC(=O)OC1CC(=O)OC(=O)C1. The van der Waals surface area contributed by atoms with Crippen LogP contribution in [0.1, 0.15) is 19.8 Å². The monoisotopic (exact) mass is 172 g/mol. The molecule has 12 heavy (non-hydrogen) atoms. The summed E-state index contributed by atoms with van der Waals surface area (Å²) in [6.45, 7) is 1.23. The largest absolute Gasteiger partial charge is 0.461 e. The van der Waals surface area contributed by atoms with E-state index in [0.717, 1.165) is 0 Å². The summed E-state index contributed by atoms with van der Waals surface area (Å²) in [4.78, 5) is 31.7. The Morgan fingerprint density at radius 3 is 2.33 bits per heavy atom. The number of hydrogen-bond acceptors (Lipinski definition) is 5. The Balaban J connectivity index is 2.49. The molecule has 1 rings (SSSR count). The van der Waals surface area contributed by atoms with Crippen molar-refractivity contribution in [1.29, 1.82) is 0 Å². The van der Waals surface area contributed by atoms with Gasteiger partial charge in [0.15, 0.2) is 0 Å². The van der Waals surface area contributed by atoms with Crippen LogP contribution in [0.3, 0.4) is 0 Å². The molecule has 5 heteroatoms. The number of rotatable bonds is 1. The summed E-state index contributed by atoms with van der Waals surface area (Å²) in [5, 5.41) is 0. The molecule has 0 N–H and O–H groups in total. The van der Waals surface area contributed by atoms with Crippen LogP contribution in [0, 0.1) is 0 Å². The number of carbonyl (C=O) groups excluding carboxylic acids is 3. The second-order valence-corrected chi connectivity index (χ2v) is 2.49. The summed E-state index contributed by atoms with van der Waals surface area (Å²) in [6, 6.07) is 0. The zero-order valence-electron chi connectivity index (χ0n) is 6.53. The van der Waals surface area contributed by atoms with Crippen LogP contribution >= 0.6 is 0 Å². The van der Waals surface area contributed by atoms with Crippen LogP contribution in [0.5, 0.6) is 0 Å². The van der Waals surface area contributed by atoms with Crippen LogP contribution in [0.4, 0.5) is 0 Å². The minimum absolute atomic E-state index is 0.0364. The van der Waals surface area contributed by atoms with Crippen molar-refractivity contribution < 1.29 is 23.9 Å². The number of cyclic esters (lactones) is 2. The summed E-state index contributed by atoms with van der Waals surface area (Å²) in [6.07, 6.45) is -0.715. The van der Waals surface area contributed by atoms with E-state index in [1.165, 1.54) is 6.92 Å². The van der Waals surface area contributed by atoms with Crippen LogP contribution in [0.25, 0.3) is 0 Å². The van der Waals surface area contributed by atoms with Crippen LogP contribution in [0.15, 0.2) is 0 Å². The fraction of sp³-hybridized carbons (Fsp3) is 0.571. The van der Waals surface area contributed by atoms with Crippen LogP contribution in [0.2, 0.25) is 0 Å². The van der Waals surface area contributed by atoms with Crippen LogP contribution in [-0.4, -0.2) is 24.0 Å². The molecule has 1 fully saturated rings. The number of hydrogen-bond donors (Lipinski definition) is 0. The van der Waals surface area contributed by atoms with E-state index in [1.54, 1.807) is 0 Å². The highest BCUT2D eigenvalue weighted by Crippen LogP contribution is 2.12. The molecule has 0 aromatic heterocycles.